The van der Waals surface area contributed by atoms with Crippen LogP contribution in [-0.4, -0.2) is 50.1 Å². The highest BCUT2D eigenvalue weighted by molar-refractivity contribution is 5.93. The van der Waals surface area contributed by atoms with Crippen LogP contribution in [0.4, 0.5) is 0 Å². The predicted octanol–water partition coefficient (Wildman–Crippen LogP) is 3.86. The Morgan fingerprint density at radius 3 is 2.44 bits per heavy atom. The van der Waals surface area contributed by atoms with Gasteiger partial charge in [0.05, 0.1) is 33.1 Å². The molecule has 0 saturated carbocycles. The van der Waals surface area contributed by atoms with Gasteiger partial charge in [0.1, 0.15) is 17.2 Å². The standard InChI is InChI=1S/C24H29N3O5/c1-5-31-21-10-7-16(13-23(21)32-6-2)11-12-25-24(28)20-15-19(26-27-20)18-9-8-17(29-3)14-22(18)30-4/h7-10,13-15H,5-6,11-12H2,1-4H3,(H,25,28)(H,26,27). The number of aromatic amines is 1. The highest BCUT2D eigenvalue weighted by atomic mass is 16.5. The molecule has 0 bridgehead atoms. The third-order valence-electron chi connectivity index (χ3n) is 4.81. The zero-order valence-electron chi connectivity index (χ0n) is 18.9. The molecule has 0 aliphatic carbocycles. The van der Waals surface area contributed by atoms with Crippen molar-refractivity contribution in [2.45, 2.75) is 20.3 Å². The summed E-state index contributed by atoms with van der Waals surface area (Å²) in [5, 5.41) is 9.97. The Labute approximate surface area is 187 Å². The summed E-state index contributed by atoms with van der Waals surface area (Å²) in [6, 6.07) is 13.0. The molecule has 3 rings (SSSR count). The van der Waals surface area contributed by atoms with Gasteiger partial charge >= 0.3 is 0 Å². The summed E-state index contributed by atoms with van der Waals surface area (Å²) in [6.45, 7) is 5.47. The molecule has 0 radical (unpaired) electrons. The van der Waals surface area contributed by atoms with Crippen LogP contribution in [0.3, 0.4) is 0 Å². The lowest BCUT2D eigenvalue weighted by Gasteiger charge is -2.12. The number of hydrogen-bond acceptors (Lipinski definition) is 6. The van der Waals surface area contributed by atoms with Gasteiger partial charge in [-0.05, 0) is 56.2 Å². The Balaban J connectivity index is 1.62. The van der Waals surface area contributed by atoms with E-state index in [0.717, 1.165) is 16.9 Å². The first-order valence-electron chi connectivity index (χ1n) is 10.5. The Morgan fingerprint density at radius 2 is 1.72 bits per heavy atom. The molecule has 0 aliphatic rings. The summed E-state index contributed by atoms with van der Waals surface area (Å²) in [5.41, 5.74) is 2.80. The molecular formula is C24H29N3O5. The van der Waals surface area contributed by atoms with Crippen LogP contribution >= 0.6 is 0 Å². The molecular weight excluding hydrogens is 410 g/mol. The molecule has 3 aromatic rings. The van der Waals surface area contributed by atoms with E-state index in [9.17, 15) is 4.79 Å². The average Bonchev–Trinajstić information content (AvgIpc) is 3.30. The number of hydrogen-bond donors (Lipinski definition) is 2. The SMILES string of the molecule is CCOc1ccc(CCNC(=O)c2cc(-c3ccc(OC)cc3OC)n[nH]2)cc1OCC. The van der Waals surface area contributed by atoms with Crippen LogP contribution in [0.25, 0.3) is 11.3 Å². The van der Waals surface area contributed by atoms with Gasteiger partial charge in [-0.2, -0.15) is 5.10 Å². The number of nitrogens with zero attached hydrogens (tertiary/aromatic N) is 1. The Bertz CT molecular complexity index is 1050. The van der Waals surface area contributed by atoms with Gasteiger partial charge in [0.2, 0.25) is 0 Å². The smallest absolute Gasteiger partial charge is 0.269 e. The second-order valence-electron chi connectivity index (χ2n) is 6.89. The van der Waals surface area contributed by atoms with Crippen molar-refractivity contribution >= 4 is 5.91 Å². The minimum atomic E-state index is -0.229. The lowest BCUT2D eigenvalue weighted by atomic mass is 10.1. The molecule has 170 valence electrons. The topological polar surface area (TPSA) is 94.7 Å². The summed E-state index contributed by atoms with van der Waals surface area (Å²) < 4.78 is 21.9. The van der Waals surface area contributed by atoms with Crippen molar-refractivity contribution in [1.29, 1.82) is 0 Å². The van der Waals surface area contributed by atoms with E-state index in [1.807, 2.05) is 44.2 Å². The third kappa shape index (κ3) is 5.51. The van der Waals surface area contributed by atoms with Gasteiger partial charge in [-0.25, -0.2) is 0 Å². The van der Waals surface area contributed by atoms with Crippen LogP contribution in [-0.2, 0) is 6.42 Å². The molecule has 0 saturated heterocycles. The number of carbonyl (C=O) groups excluding carboxylic acids is 1. The fourth-order valence-electron chi connectivity index (χ4n) is 3.25. The molecule has 8 heteroatoms. The maximum atomic E-state index is 12.6. The molecule has 0 spiro atoms. The highest BCUT2D eigenvalue weighted by Gasteiger charge is 2.15. The number of aromatic nitrogens is 2. The van der Waals surface area contributed by atoms with Crippen molar-refractivity contribution in [2.75, 3.05) is 34.0 Å². The van der Waals surface area contributed by atoms with E-state index in [1.165, 1.54) is 0 Å². The lowest BCUT2D eigenvalue weighted by Crippen LogP contribution is -2.26. The summed E-state index contributed by atoms with van der Waals surface area (Å²) in [4.78, 5) is 12.6. The number of H-pyrrole nitrogens is 1. The quantitative estimate of drug-likeness (QED) is 0.471. The van der Waals surface area contributed by atoms with Gasteiger partial charge < -0.3 is 24.3 Å². The molecule has 0 atom stereocenters. The van der Waals surface area contributed by atoms with E-state index in [-0.39, 0.29) is 5.91 Å². The van der Waals surface area contributed by atoms with Gasteiger partial charge in [-0.15, -0.1) is 0 Å². The Hall–Kier alpha value is -3.68. The van der Waals surface area contributed by atoms with Gasteiger partial charge in [0.15, 0.2) is 11.5 Å². The van der Waals surface area contributed by atoms with Crippen molar-refractivity contribution in [2.24, 2.45) is 0 Å². The van der Waals surface area contributed by atoms with Gasteiger partial charge in [-0.1, -0.05) is 6.07 Å². The maximum Gasteiger partial charge on any atom is 0.269 e. The number of amides is 1. The molecule has 1 aromatic heterocycles. The van der Waals surface area contributed by atoms with Crippen molar-refractivity contribution in [3.8, 4) is 34.3 Å². The van der Waals surface area contributed by atoms with Crippen molar-refractivity contribution < 1.29 is 23.7 Å². The van der Waals surface area contributed by atoms with Gasteiger partial charge in [0, 0.05) is 18.2 Å². The van der Waals surface area contributed by atoms with Crippen LogP contribution < -0.4 is 24.3 Å². The van der Waals surface area contributed by atoms with Crippen LogP contribution in [0.15, 0.2) is 42.5 Å². The lowest BCUT2D eigenvalue weighted by molar-refractivity contribution is 0.0949. The molecule has 32 heavy (non-hydrogen) atoms. The Morgan fingerprint density at radius 1 is 0.938 bits per heavy atom. The highest BCUT2D eigenvalue weighted by Crippen LogP contribution is 2.32. The molecule has 1 amide bonds. The van der Waals surface area contributed by atoms with E-state index in [0.29, 0.717) is 54.8 Å². The van der Waals surface area contributed by atoms with E-state index in [4.69, 9.17) is 18.9 Å². The van der Waals surface area contributed by atoms with Gasteiger partial charge in [0.25, 0.3) is 5.91 Å². The number of methoxy groups -OCH3 is 2. The zero-order valence-corrected chi connectivity index (χ0v) is 18.9. The van der Waals surface area contributed by atoms with E-state index < -0.39 is 0 Å². The summed E-state index contributed by atoms with van der Waals surface area (Å²) in [6.07, 6.45) is 0.658. The van der Waals surface area contributed by atoms with Crippen LogP contribution in [0.5, 0.6) is 23.0 Å². The van der Waals surface area contributed by atoms with E-state index in [1.54, 1.807) is 26.4 Å². The molecule has 2 N–H and O–H groups in total. The van der Waals surface area contributed by atoms with Crippen molar-refractivity contribution in [3.05, 3.63) is 53.7 Å². The molecule has 0 fully saturated rings. The largest absolute Gasteiger partial charge is 0.497 e. The molecule has 0 aliphatic heterocycles. The second kappa shape index (κ2) is 11.1. The van der Waals surface area contributed by atoms with Crippen LogP contribution in [0.2, 0.25) is 0 Å². The summed E-state index contributed by atoms with van der Waals surface area (Å²) >= 11 is 0. The zero-order chi connectivity index (χ0) is 22.9. The fourth-order valence-corrected chi connectivity index (χ4v) is 3.25. The number of nitrogens with one attached hydrogen (secondary N) is 2. The fraction of sp³-hybridized carbons (Fsp3) is 0.333. The molecule has 1 heterocycles. The minimum Gasteiger partial charge on any atom is -0.497 e. The average molecular weight is 440 g/mol. The third-order valence-corrected chi connectivity index (χ3v) is 4.81. The number of ether oxygens (including phenoxy) is 4. The first-order chi connectivity index (χ1) is 15.6. The molecule has 2 aromatic carbocycles. The Kier molecular flexibility index (Phi) is 7.96. The number of benzene rings is 2. The van der Waals surface area contributed by atoms with Crippen LogP contribution in [0, 0.1) is 0 Å². The molecule has 0 unspecified atom stereocenters. The number of carbonyl (C=O) groups is 1. The summed E-state index contributed by atoms with van der Waals surface area (Å²) in [7, 11) is 3.17. The monoisotopic (exact) mass is 439 g/mol. The molecule has 8 nitrogen and oxygen atoms in total. The number of rotatable bonds is 11. The van der Waals surface area contributed by atoms with Crippen molar-refractivity contribution in [1.82, 2.24) is 15.5 Å². The van der Waals surface area contributed by atoms with Crippen LogP contribution in [0.1, 0.15) is 29.9 Å². The van der Waals surface area contributed by atoms with E-state index in [2.05, 4.69) is 15.5 Å². The minimum absolute atomic E-state index is 0.229. The normalized spacial score (nSPS) is 10.5. The summed E-state index contributed by atoms with van der Waals surface area (Å²) in [5.74, 6) is 2.50. The van der Waals surface area contributed by atoms with Gasteiger partial charge in [-0.3, -0.25) is 9.89 Å². The van der Waals surface area contributed by atoms with E-state index >= 15 is 0 Å². The first kappa shape index (κ1) is 23.0. The second-order valence-corrected chi connectivity index (χ2v) is 6.89. The van der Waals surface area contributed by atoms with Crippen molar-refractivity contribution in [3.63, 3.8) is 0 Å². The first-order valence-corrected chi connectivity index (χ1v) is 10.5. The predicted molar refractivity (Wildman–Crippen MR) is 122 cm³/mol. The maximum absolute atomic E-state index is 12.6.